The Morgan fingerprint density at radius 1 is 1.60 bits per heavy atom. The van der Waals surface area contributed by atoms with Crippen LogP contribution in [0.2, 0.25) is 0 Å². The van der Waals surface area contributed by atoms with E-state index in [0.717, 1.165) is 6.20 Å². The minimum absolute atomic E-state index is 0.177. The third-order valence-electron chi connectivity index (χ3n) is 1.81. The van der Waals surface area contributed by atoms with Gasteiger partial charge in [0.2, 0.25) is 5.95 Å². The van der Waals surface area contributed by atoms with E-state index in [1.54, 1.807) is 0 Å². The quantitative estimate of drug-likeness (QED) is 0.753. The fourth-order valence-electron chi connectivity index (χ4n) is 1.16. The summed E-state index contributed by atoms with van der Waals surface area (Å²) in [6.07, 6.45) is -2.30. The van der Waals surface area contributed by atoms with Crippen molar-refractivity contribution in [2.75, 3.05) is 0 Å². The maximum absolute atomic E-state index is 12.9. The third kappa shape index (κ3) is 2.07. The number of rotatable bonds is 3. The van der Waals surface area contributed by atoms with Gasteiger partial charge in [-0.2, -0.15) is 4.39 Å². The summed E-state index contributed by atoms with van der Waals surface area (Å²) in [5.41, 5.74) is 2.92. The van der Waals surface area contributed by atoms with E-state index in [1.165, 1.54) is 0 Å². The number of aromatic nitrogens is 1. The van der Waals surface area contributed by atoms with Gasteiger partial charge in [0, 0.05) is 18.3 Å². The molecule has 82 valence electrons. The number of pyridine rings is 1. The molecule has 0 saturated heterocycles. The fourth-order valence-corrected chi connectivity index (χ4v) is 1.16. The van der Waals surface area contributed by atoms with E-state index in [4.69, 9.17) is 10.8 Å². The van der Waals surface area contributed by atoms with E-state index >= 15 is 0 Å². The van der Waals surface area contributed by atoms with Crippen molar-refractivity contribution in [1.82, 2.24) is 4.98 Å². The molecule has 0 atom stereocenters. The molecule has 0 aliphatic carbocycles. The first kappa shape index (κ1) is 11.4. The summed E-state index contributed by atoms with van der Waals surface area (Å²) in [6, 6.07) is 0. The summed E-state index contributed by atoms with van der Waals surface area (Å²) in [5.74, 6) is -3.22. The van der Waals surface area contributed by atoms with Crippen molar-refractivity contribution < 1.29 is 23.1 Å². The maximum Gasteiger partial charge on any atom is 0.340 e. The average Bonchev–Trinajstić information content (AvgIpc) is 2.16. The van der Waals surface area contributed by atoms with E-state index in [2.05, 4.69) is 4.98 Å². The highest BCUT2D eigenvalue weighted by molar-refractivity contribution is 5.89. The van der Waals surface area contributed by atoms with Gasteiger partial charge in [0.25, 0.3) is 6.43 Å². The molecule has 4 nitrogen and oxygen atoms in total. The lowest BCUT2D eigenvalue weighted by Gasteiger charge is -2.10. The van der Waals surface area contributed by atoms with Crippen LogP contribution in [0.15, 0.2) is 6.20 Å². The summed E-state index contributed by atoms with van der Waals surface area (Å²) < 4.78 is 37.9. The van der Waals surface area contributed by atoms with Crippen LogP contribution < -0.4 is 5.73 Å². The molecule has 15 heavy (non-hydrogen) atoms. The lowest BCUT2D eigenvalue weighted by Crippen LogP contribution is -2.13. The number of carbonyl (C=O) groups is 1. The molecule has 0 bridgehead atoms. The van der Waals surface area contributed by atoms with E-state index in [1.807, 2.05) is 0 Å². The summed E-state index contributed by atoms with van der Waals surface area (Å²) >= 11 is 0. The zero-order valence-electron chi connectivity index (χ0n) is 7.38. The molecular weight excluding hydrogens is 213 g/mol. The molecule has 1 heterocycles. The Kier molecular flexibility index (Phi) is 3.25. The van der Waals surface area contributed by atoms with Crippen molar-refractivity contribution in [1.29, 1.82) is 0 Å². The first-order valence-electron chi connectivity index (χ1n) is 3.87. The topological polar surface area (TPSA) is 76.2 Å². The molecule has 7 heteroatoms. The van der Waals surface area contributed by atoms with Crippen molar-refractivity contribution in [3.05, 3.63) is 28.8 Å². The molecule has 0 aromatic carbocycles. The SMILES string of the molecule is NCc1cnc(F)c(C(=O)O)c1C(F)F. The van der Waals surface area contributed by atoms with Crippen molar-refractivity contribution >= 4 is 5.97 Å². The summed E-state index contributed by atoms with van der Waals surface area (Å²) in [5, 5.41) is 8.56. The predicted molar refractivity (Wildman–Crippen MR) is 44.0 cm³/mol. The first-order valence-corrected chi connectivity index (χ1v) is 3.87. The number of hydrogen-bond acceptors (Lipinski definition) is 3. The second-order valence-electron chi connectivity index (χ2n) is 2.67. The van der Waals surface area contributed by atoms with Gasteiger partial charge in [-0.05, 0) is 5.56 Å². The molecule has 3 N–H and O–H groups in total. The van der Waals surface area contributed by atoms with Crippen LogP contribution in [0.5, 0.6) is 0 Å². The Morgan fingerprint density at radius 2 is 2.20 bits per heavy atom. The second-order valence-corrected chi connectivity index (χ2v) is 2.67. The van der Waals surface area contributed by atoms with Gasteiger partial charge in [-0.15, -0.1) is 0 Å². The molecule has 0 radical (unpaired) electrons. The Labute approximate surface area is 82.5 Å². The van der Waals surface area contributed by atoms with Crippen molar-refractivity contribution in [3.8, 4) is 0 Å². The number of alkyl halides is 2. The van der Waals surface area contributed by atoms with Gasteiger partial charge >= 0.3 is 5.97 Å². The van der Waals surface area contributed by atoms with Crippen LogP contribution in [0.1, 0.15) is 27.9 Å². The molecule has 0 unspecified atom stereocenters. The average molecular weight is 220 g/mol. The molecule has 0 fully saturated rings. The van der Waals surface area contributed by atoms with Gasteiger partial charge < -0.3 is 10.8 Å². The maximum atomic E-state index is 12.9. The fraction of sp³-hybridized carbons (Fsp3) is 0.250. The zero-order valence-corrected chi connectivity index (χ0v) is 7.38. The number of nitrogens with two attached hydrogens (primary N) is 1. The van der Waals surface area contributed by atoms with Crippen LogP contribution in [0.3, 0.4) is 0 Å². The lowest BCUT2D eigenvalue weighted by molar-refractivity contribution is 0.0676. The second kappa shape index (κ2) is 4.26. The van der Waals surface area contributed by atoms with Crippen LogP contribution in [-0.2, 0) is 6.54 Å². The van der Waals surface area contributed by atoms with Crippen LogP contribution in [-0.4, -0.2) is 16.1 Å². The molecule has 0 spiro atoms. The van der Waals surface area contributed by atoms with Crippen molar-refractivity contribution in [2.24, 2.45) is 5.73 Å². The number of aromatic carboxylic acids is 1. The van der Waals surface area contributed by atoms with Crippen LogP contribution >= 0.6 is 0 Å². The van der Waals surface area contributed by atoms with Gasteiger partial charge in [0.1, 0.15) is 5.56 Å². The Morgan fingerprint density at radius 3 is 2.60 bits per heavy atom. The van der Waals surface area contributed by atoms with Crippen LogP contribution in [0.4, 0.5) is 13.2 Å². The number of carboxylic acids is 1. The standard InChI is InChI=1S/C8H7F3N2O2/c9-6(10)4-3(1-12)2-13-7(11)5(4)8(14)15/h2,6H,1,12H2,(H,14,15). The minimum atomic E-state index is -3.10. The summed E-state index contributed by atoms with van der Waals surface area (Å²) in [7, 11) is 0. The van der Waals surface area contributed by atoms with Gasteiger partial charge in [-0.1, -0.05) is 0 Å². The van der Waals surface area contributed by atoms with E-state index in [-0.39, 0.29) is 12.1 Å². The van der Waals surface area contributed by atoms with E-state index < -0.39 is 29.5 Å². The highest BCUT2D eigenvalue weighted by Crippen LogP contribution is 2.27. The molecule has 0 amide bonds. The Hall–Kier alpha value is -1.63. The van der Waals surface area contributed by atoms with Gasteiger partial charge in [0.15, 0.2) is 0 Å². The molecule has 0 aliphatic rings. The van der Waals surface area contributed by atoms with E-state index in [9.17, 15) is 18.0 Å². The predicted octanol–water partition coefficient (Wildman–Crippen LogP) is 1.32. The van der Waals surface area contributed by atoms with Crippen LogP contribution in [0, 0.1) is 5.95 Å². The lowest BCUT2D eigenvalue weighted by atomic mass is 10.0. The summed E-state index contributed by atoms with van der Waals surface area (Å²) in [6.45, 7) is -0.326. The number of hydrogen-bond donors (Lipinski definition) is 2. The molecule has 0 saturated carbocycles. The zero-order chi connectivity index (χ0) is 11.6. The molecule has 0 aliphatic heterocycles. The Bertz CT molecular complexity index is 396. The van der Waals surface area contributed by atoms with Gasteiger partial charge in [-0.3, -0.25) is 0 Å². The van der Waals surface area contributed by atoms with Gasteiger partial charge in [0.05, 0.1) is 0 Å². The smallest absolute Gasteiger partial charge is 0.340 e. The molecule has 1 aromatic rings. The highest BCUT2D eigenvalue weighted by atomic mass is 19.3. The number of carboxylic acid groups (broad SMARTS) is 1. The monoisotopic (exact) mass is 220 g/mol. The number of halogens is 3. The third-order valence-corrected chi connectivity index (χ3v) is 1.81. The van der Waals surface area contributed by atoms with E-state index in [0.29, 0.717) is 0 Å². The largest absolute Gasteiger partial charge is 0.478 e. The Balaban J connectivity index is 3.51. The first-order chi connectivity index (χ1) is 6.99. The van der Waals surface area contributed by atoms with Crippen molar-refractivity contribution in [3.63, 3.8) is 0 Å². The minimum Gasteiger partial charge on any atom is -0.478 e. The molecule has 1 rings (SSSR count). The summed E-state index contributed by atoms with van der Waals surface area (Å²) in [4.78, 5) is 13.6. The molecular formula is C8H7F3N2O2. The normalized spacial score (nSPS) is 10.7. The van der Waals surface area contributed by atoms with Gasteiger partial charge in [-0.25, -0.2) is 18.6 Å². The highest BCUT2D eigenvalue weighted by Gasteiger charge is 2.26. The van der Waals surface area contributed by atoms with Crippen LogP contribution in [0.25, 0.3) is 0 Å². The molecule has 1 aromatic heterocycles. The van der Waals surface area contributed by atoms with Crippen molar-refractivity contribution in [2.45, 2.75) is 13.0 Å². The number of nitrogens with zero attached hydrogens (tertiary/aromatic N) is 1.